The normalized spacial score (nSPS) is 14.1. The minimum absolute atomic E-state index is 0.0687. The first-order valence-electron chi connectivity index (χ1n) is 6.13. The number of imidazole rings is 1. The molecule has 3 rings (SSSR count). The van der Waals surface area contributed by atoms with Crippen LogP contribution in [0.1, 0.15) is 24.2 Å². The molecule has 1 aliphatic rings. The van der Waals surface area contributed by atoms with Crippen molar-refractivity contribution in [2.45, 2.75) is 25.7 Å². The Bertz CT molecular complexity index is 650. The molecule has 7 nitrogen and oxygen atoms in total. The van der Waals surface area contributed by atoms with Crippen molar-refractivity contribution in [3.05, 3.63) is 40.0 Å². The highest BCUT2D eigenvalue weighted by molar-refractivity contribution is 5.54. The summed E-state index contributed by atoms with van der Waals surface area (Å²) in [4.78, 5) is 18.7. The van der Waals surface area contributed by atoms with Crippen LogP contribution in [0.3, 0.4) is 0 Å². The molecule has 0 fully saturated rings. The number of hydrogen-bond donors (Lipinski definition) is 1. The Morgan fingerprint density at radius 2 is 2.11 bits per heavy atom. The number of nitrogen functional groups attached to an aromatic ring is 1. The number of nitro groups is 1. The molecule has 2 heterocycles. The van der Waals surface area contributed by atoms with Crippen LogP contribution < -0.4 is 5.73 Å². The van der Waals surface area contributed by atoms with Crippen molar-refractivity contribution in [1.82, 2.24) is 14.5 Å². The van der Waals surface area contributed by atoms with Gasteiger partial charge in [-0.25, -0.2) is 9.97 Å². The van der Waals surface area contributed by atoms with E-state index < -0.39 is 4.92 Å². The largest absolute Gasteiger partial charge is 0.378 e. The summed E-state index contributed by atoms with van der Waals surface area (Å²) >= 11 is 0. The highest BCUT2D eigenvalue weighted by Crippen LogP contribution is 2.25. The molecule has 0 aromatic carbocycles. The molecule has 2 aromatic heterocycles. The Morgan fingerprint density at radius 3 is 2.84 bits per heavy atom. The number of aryl methyl sites for hydroxylation is 1. The van der Waals surface area contributed by atoms with Gasteiger partial charge in [0, 0.05) is 11.8 Å². The fourth-order valence-electron chi connectivity index (χ4n) is 2.41. The lowest BCUT2D eigenvalue weighted by Crippen LogP contribution is -2.09. The third-order valence-electron chi connectivity index (χ3n) is 3.36. The van der Waals surface area contributed by atoms with Crippen LogP contribution in [0.25, 0.3) is 5.82 Å². The molecule has 0 saturated heterocycles. The lowest BCUT2D eigenvalue weighted by Gasteiger charge is -2.13. The van der Waals surface area contributed by atoms with Crippen LogP contribution in [0, 0.1) is 10.1 Å². The molecule has 0 aliphatic heterocycles. The van der Waals surface area contributed by atoms with Gasteiger partial charge in [-0.3, -0.25) is 14.7 Å². The molecule has 0 spiro atoms. The molecule has 0 unspecified atom stereocenters. The standard InChI is InChI=1S/C12H13N5O2/c13-12-10(17(18)19)5-6-11(15-12)16-7-14-8-3-1-2-4-9(8)16/h5-7H,1-4H2,(H2,13,15). The van der Waals surface area contributed by atoms with Crippen LogP contribution in [0.5, 0.6) is 0 Å². The molecule has 1 aliphatic carbocycles. The lowest BCUT2D eigenvalue weighted by molar-refractivity contribution is -0.384. The molecule has 0 bridgehead atoms. The van der Waals surface area contributed by atoms with E-state index in [-0.39, 0.29) is 11.5 Å². The van der Waals surface area contributed by atoms with Gasteiger partial charge in [-0.15, -0.1) is 0 Å². The second-order valence-corrected chi connectivity index (χ2v) is 4.55. The van der Waals surface area contributed by atoms with E-state index in [0.29, 0.717) is 5.82 Å². The third-order valence-corrected chi connectivity index (χ3v) is 3.36. The van der Waals surface area contributed by atoms with E-state index in [1.807, 2.05) is 4.57 Å². The summed E-state index contributed by atoms with van der Waals surface area (Å²) in [5, 5.41) is 10.7. The second-order valence-electron chi connectivity index (χ2n) is 4.55. The molecule has 0 saturated carbocycles. The van der Waals surface area contributed by atoms with E-state index in [4.69, 9.17) is 5.73 Å². The van der Waals surface area contributed by atoms with E-state index in [1.165, 1.54) is 6.07 Å². The zero-order chi connectivity index (χ0) is 13.4. The maximum absolute atomic E-state index is 10.7. The molecule has 98 valence electrons. The van der Waals surface area contributed by atoms with Gasteiger partial charge < -0.3 is 5.73 Å². The number of nitrogens with two attached hydrogens (primary N) is 1. The van der Waals surface area contributed by atoms with E-state index in [9.17, 15) is 10.1 Å². The molecule has 19 heavy (non-hydrogen) atoms. The molecular weight excluding hydrogens is 246 g/mol. The molecule has 2 N–H and O–H groups in total. The number of fused-ring (bicyclic) bond motifs is 1. The van der Waals surface area contributed by atoms with Gasteiger partial charge in [0.05, 0.1) is 10.6 Å². The van der Waals surface area contributed by atoms with Crippen LogP contribution >= 0.6 is 0 Å². The Kier molecular flexibility index (Phi) is 2.66. The Morgan fingerprint density at radius 1 is 1.32 bits per heavy atom. The average Bonchev–Trinajstić information content (AvgIpc) is 2.82. The van der Waals surface area contributed by atoms with Gasteiger partial charge >= 0.3 is 5.69 Å². The SMILES string of the molecule is Nc1nc(-n2cnc3c2CCCC3)ccc1[N+](=O)[O-]. The van der Waals surface area contributed by atoms with Crippen molar-refractivity contribution in [2.24, 2.45) is 0 Å². The quantitative estimate of drug-likeness (QED) is 0.652. The monoisotopic (exact) mass is 259 g/mol. The second kappa shape index (κ2) is 4.34. The number of aromatic nitrogens is 3. The molecule has 0 atom stereocenters. The minimum Gasteiger partial charge on any atom is -0.378 e. The van der Waals surface area contributed by atoms with Crippen molar-refractivity contribution in [3.8, 4) is 5.82 Å². The first-order chi connectivity index (χ1) is 9.16. The summed E-state index contributed by atoms with van der Waals surface area (Å²) in [7, 11) is 0. The fraction of sp³-hybridized carbons (Fsp3) is 0.333. The molecule has 0 radical (unpaired) electrons. The molecule has 7 heteroatoms. The summed E-state index contributed by atoms with van der Waals surface area (Å²) in [6.07, 6.45) is 5.92. The van der Waals surface area contributed by atoms with Gasteiger partial charge in [0.1, 0.15) is 12.1 Å². The zero-order valence-corrected chi connectivity index (χ0v) is 10.2. The molecule has 2 aromatic rings. The van der Waals surface area contributed by atoms with Gasteiger partial charge in [0.2, 0.25) is 5.82 Å². The van der Waals surface area contributed by atoms with Gasteiger partial charge in [0.15, 0.2) is 0 Å². The molecular formula is C12H13N5O2. The van der Waals surface area contributed by atoms with Crippen LogP contribution in [-0.4, -0.2) is 19.5 Å². The Balaban J connectivity index is 2.05. The lowest BCUT2D eigenvalue weighted by atomic mass is 10.0. The minimum atomic E-state index is -0.532. The van der Waals surface area contributed by atoms with Crippen molar-refractivity contribution in [1.29, 1.82) is 0 Å². The van der Waals surface area contributed by atoms with Crippen molar-refractivity contribution in [3.63, 3.8) is 0 Å². The van der Waals surface area contributed by atoms with Gasteiger partial charge in [-0.1, -0.05) is 0 Å². The Hall–Kier alpha value is -2.44. The number of hydrogen-bond acceptors (Lipinski definition) is 5. The van der Waals surface area contributed by atoms with Gasteiger partial charge in [0.25, 0.3) is 0 Å². The average molecular weight is 259 g/mol. The summed E-state index contributed by atoms with van der Waals surface area (Å²) in [5.74, 6) is 0.513. The number of anilines is 1. The highest BCUT2D eigenvalue weighted by Gasteiger charge is 2.19. The first-order valence-corrected chi connectivity index (χ1v) is 6.13. The number of pyridine rings is 1. The van der Waals surface area contributed by atoms with E-state index >= 15 is 0 Å². The maximum Gasteiger partial charge on any atom is 0.311 e. The summed E-state index contributed by atoms with van der Waals surface area (Å²) in [6.45, 7) is 0. The number of rotatable bonds is 2. The van der Waals surface area contributed by atoms with Gasteiger partial charge in [-0.05, 0) is 31.7 Å². The van der Waals surface area contributed by atoms with Gasteiger partial charge in [-0.2, -0.15) is 0 Å². The first kappa shape index (κ1) is 11.6. The number of nitrogens with zero attached hydrogens (tertiary/aromatic N) is 4. The van der Waals surface area contributed by atoms with Crippen LogP contribution in [0.15, 0.2) is 18.5 Å². The summed E-state index contributed by atoms with van der Waals surface area (Å²) in [6, 6.07) is 2.98. The van der Waals surface area contributed by atoms with Crippen LogP contribution in [0.2, 0.25) is 0 Å². The summed E-state index contributed by atoms with van der Waals surface area (Å²) < 4.78 is 1.87. The van der Waals surface area contributed by atoms with E-state index in [1.54, 1.807) is 12.4 Å². The highest BCUT2D eigenvalue weighted by atomic mass is 16.6. The fourth-order valence-corrected chi connectivity index (χ4v) is 2.41. The molecule has 0 amide bonds. The van der Waals surface area contributed by atoms with Crippen molar-refractivity contribution < 1.29 is 4.92 Å². The van der Waals surface area contributed by atoms with Crippen molar-refractivity contribution >= 4 is 11.5 Å². The van der Waals surface area contributed by atoms with E-state index in [0.717, 1.165) is 37.1 Å². The van der Waals surface area contributed by atoms with E-state index in [2.05, 4.69) is 9.97 Å². The Labute approximate surface area is 109 Å². The predicted molar refractivity (Wildman–Crippen MR) is 69.1 cm³/mol. The topological polar surface area (TPSA) is 99.9 Å². The summed E-state index contributed by atoms with van der Waals surface area (Å²) in [5.41, 5.74) is 7.67. The smallest absolute Gasteiger partial charge is 0.311 e. The van der Waals surface area contributed by atoms with Crippen molar-refractivity contribution in [2.75, 3.05) is 5.73 Å². The zero-order valence-electron chi connectivity index (χ0n) is 10.2. The van der Waals surface area contributed by atoms with Crippen LogP contribution in [0.4, 0.5) is 11.5 Å². The predicted octanol–water partition coefficient (Wildman–Crippen LogP) is 1.64. The maximum atomic E-state index is 10.7. The third kappa shape index (κ3) is 1.92. The van der Waals surface area contributed by atoms with Crippen LogP contribution in [-0.2, 0) is 12.8 Å².